The van der Waals surface area contributed by atoms with E-state index in [9.17, 15) is 5.11 Å². The fourth-order valence-electron chi connectivity index (χ4n) is 1.78. The van der Waals surface area contributed by atoms with Gasteiger partial charge in [-0.15, -0.1) is 0 Å². The molecule has 1 saturated carbocycles. The van der Waals surface area contributed by atoms with E-state index >= 15 is 0 Å². The molecule has 88 valence electrons. The lowest BCUT2D eigenvalue weighted by atomic mass is 9.89. The predicted molar refractivity (Wildman–Crippen MR) is 63.2 cm³/mol. The SMILES string of the molecule is CCc1nc(N)c(C)c(NC2CC(O)C2)n1. The lowest BCUT2D eigenvalue weighted by molar-refractivity contribution is 0.0835. The van der Waals surface area contributed by atoms with Crippen molar-refractivity contribution >= 4 is 11.6 Å². The topological polar surface area (TPSA) is 84.1 Å². The monoisotopic (exact) mass is 222 g/mol. The highest BCUT2D eigenvalue weighted by Gasteiger charge is 2.27. The van der Waals surface area contributed by atoms with Crippen LogP contribution in [0.1, 0.15) is 31.2 Å². The maximum Gasteiger partial charge on any atom is 0.134 e. The molecule has 0 aliphatic heterocycles. The van der Waals surface area contributed by atoms with Crippen LogP contribution in [0.5, 0.6) is 0 Å². The Bertz CT molecular complexity index is 388. The van der Waals surface area contributed by atoms with Gasteiger partial charge in [-0.25, -0.2) is 9.97 Å². The van der Waals surface area contributed by atoms with Crippen molar-refractivity contribution in [1.29, 1.82) is 0 Å². The average molecular weight is 222 g/mol. The van der Waals surface area contributed by atoms with Gasteiger partial charge in [0, 0.05) is 18.0 Å². The van der Waals surface area contributed by atoms with Crippen LogP contribution in [0.15, 0.2) is 0 Å². The van der Waals surface area contributed by atoms with Gasteiger partial charge in [0.05, 0.1) is 6.10 Å². The predicted octanol–water partition coefficient (Wildman–Crippen LogP) is 0.865. The van der Waals surface area contributed by atoms with Gasteiger partial charge in [-0.2, -0.15) is 0 Å². The van der Waals surface area contributed by atoms with Crippen molar-refractivity contribution in [2.45, 2.75) is 45.3 Å². The van der Waals surface area contributed by atoms with E-state index in [-0.39, 0.29) is 6.10 Å². The molecule has 0 amide bonds. The van der Waals surface area contributed by atoms with Gasteiger partial charge in [0.1, 0.15) is 17.5 Å². The van der Waals surface area contributed by atoms with Crippen molar-refractivity contribution in [2.75, 3.05) is 11.1 Å². The number of rotatable bonds is 3. The maximum absolute atomic E-state index is 9.22. The van der Waals surface area contributed by atoms with Crippen molar-refractivity contribution in [1.82, 2.24) is 9.97 Å². The summed E-state index contributed by atoms with van der Waals surface area (Å²) < 4.78 is 0. The molecule has 0 radical (unpaired) electrons. The molecule has 5 heteroatoms. The molecule has 16 heavy (non-hydrogen) atoms. The Balaban J connectivity index is 2.15. The Morgan fingerprint density at radius 2 is 2.12 bits per heavy atom. The van der Waals surface area contributed by atoms with Gasteiger partial charge in [-0.05, 0) is 19.8 Å². The second-order valence-electron chi connectivity index (χ2n) is 4.32. The van der Waals surface area contributed by atoms with Crippen LogP contribution in [0.3, 0.4) is 0 Å². The van der Waals surface area contributed by atoms with Gasteiger partial charge < -0.3 is 16.2 Å². The highest BCUT2D eigenvalue weighted by Crippen LogP contribution is 2.26. The zero-order valence-electron chi connectivity index (χ0n) is 9.70. The Morgan fingerprint density at radius 1 is 1.44 bits per heavy atom. The van der Waals surface area contributed by atoms with Crippen molar-refractivity contribution in [3.8, 4) is 0 Å². The minimum absolute atomic E-state index is 0.164. The first-order chi connectivity index (χ1) is 7.60. The van der Waals surface area contributed by atoms with Crippen LogP contribution in [-0.2, 0) is 6.42 Å². The third-order valence-corrected chi connectivity index (χ3v) is 3.00. The van der Waals surface area contributed by atoms with E-state index in [0.717, 1.165) is 36.5 Å². The number of aromatic nitrogens is 2. The number of nitrogens with one attached hydrogen (secondary N) is 1. The van der Waals surface area contributed by atoms with Crippen molar-refractivity contribution < 1.29 is 5.11 Å². The first kappa shape index (κ1) is 11.1. The van der Waals surface area contributed by atoms with Crippen LogP contribution in [0.25, 0.3) is 0 Å². The molecule has 5 nitrogen and oxygen atoms in total. The molecular formula is C11H18N4O. The fraction of sp³-hybridized carbons (Fsp3) is 0.636. The molecule has 1 heterocycles. The lowest BCUT2D eigenvalue weighted by Gasteiger charge is -2.32. The molecule has 0 spiro atoms. The van der Waals surface area contributed by atoms with Crippen LogP contribution in [-0.4, -0.2) is 27.2 Å². The standard InChI is InChI=1S/C11H18N4O/c1-3-9-14-10(12)6(2)11(15-9)13-7-4-8(16)5-7/h7-8,16H,3-5H2,1-2H3,(H3,12,13,14,15). The lowest BCUT2D eigenvalue weighted by Crippen LogP contribution is -2.39. The molecule has 0 bridgehead atoms. The van der Waals surface area contributed by atoms with Crippen LogP contribution in [0.2, 0.25) is 0 Å². The summed E-state index contributed by atoms with van der Waals surface area (Å²) in [6.45, 7) is 3.91. The summed E-state index contributed by atoms with van der Waals surface area (Å²) in [5.41, 5.74) is 6.71. The molecule has 1 aromatic rings. The zero-order chi connectivity index (χ0) is 11.7. The number of aryl methyl sites for hydroxylation is 1. The number of aliphatic hydroxyl groups is 1. The molecule has 1 aliphatic carbocycles. The van der Waals surface area contributed by atoms with E-state index in [1.165, 1.54) is 0 Å². The Morgan fingerprint density at radius 3 is 2.69 bits per heavy atom. The summed E-state index contributed by atoms with van der Waals surface area (Å²) in [7, 11) is 0. The van der Waals surface area contributed by atoms with Crippen molar-refractivity contribution in [3.63, 3.8) is 0 Å². The second-order valence-corrected chi connectivity index (χ2v) is 4.32. The van der Waals surface area contributed by atoms with E-state index in [4.69, 9.17) is 5.73 Å². The second kappa shape index (κ2) is 4.25. The van der Waals surface area contributed by atoms with E-state index < -0.39 is 0 Å². The third-order valence-electron chi connectivity index (χ3n) is 3.00. The maximum atomic E-state index is 9.22. The highest BCUT2D eigenvalue weighted by molar-refractivity contribution is 5.55. The molecule has 0 atom stereocenters. The van der Waals surface area contributed by atoms with Gasteiger partial charge in [0.25, 0.3) is 0 Å². The Hall–Kier alpha value is -1.36. The van der Waals surface area contributed by atoms with Crippen LogP contribution >= 0.6 is 0 Å². The van der Waals surface area contributed by atoms with E-state index in [0.29, 0.717) is 11.9 Å². The van der Waals surface area contributed by atoms with E-state index in [1.807, 2.05) is 13.8 Å². The molecule has 0 unspecified atom stereocenters. The largest absolute Gasteiger partial charge is 0.393 e. The zero-order valence-corrected chi connectivity index (χ0v) is 9.70. The van der Waals surface area contributed by atoms with Crippen LogP contribution in [0.4, 0.5) is 11.6 Å². The number of aliphatic hydroxyl groups excluding tert-OH is 1. The number of nitrogen functional groups attached to an aromatic ring is 1. The number of nitrogens with two attached hydrogens (primary N) is 1. The molecule has 1 aliphatic rings. The summed E-state index contributed by atoms with van der Waals surface area (Å²) in [5.74, 6) is 2.10. The van der Waals surface area contributed by atoms with Gasteiger partial charge in [-0.1, -0.05) is 6.92 Å². The van der Waals surface area contributed by atoms with Crippen LogP contribution in [0, 0.1) is 6.92 Å². The molecule has 4 N–H and O–H groups in total. The minimum atomic E-state index is -0.164. The molecular weight excluding hydrogens is 204 g/mol. The normalized spacial score (nSPS) is 23.9. The molecule has 1 fully saturated rings. The molecule has 0 aromatic carbocycles. The molecule has 0 saturated heterocycles. The Labute approximate surface area is 95.1 Å². The first-order valence-electron chi connectivity index (χ1n) is 5.67. The van der Waals surface area contributed by atoms with E-state index in [1.54, 1.807) is 0 Å². The summed E-state index contributed by atoms with van der Waals surface area (Å²) in [6.07, 6.45) is 2.17. The summed E-state index contributed by atoms with van der Waals surface area (Å²) in [4.78, 5) is 8.61. The fourth-order valence-corrected chi connectivity index (χ4v) is 1.78. The summed E-state index contributed by atoms with van der Waals surface area (Å²) >= 11 is 0. The van der Waals surface area contributed by atoms with Gasteiger partial charge in [-0.3, -0.25) is 0 Å². The quantitative estimate of drug-likeness (QED) is 0.706. The van der Waals surface area contributed by atoms with E-state index in [2.05, 4.69) is 15.3 Å². The Kier molecular flexibility index (Phi) is 2.96. The minimum Gasteiger partial charge on any atom is -0.393 e. The third kappa shape index (κ3) is 2.09. The van der Waals surface area contributed by atoms with Gasteiger partial charge in [0.15, 0.2) is 0 Å². The number of anilines is 2. The number of nitrogens with zero attached hydrogens (tertiary/aromatic N) is 2. The number of hydrogen-bond acceptors (Lipinski definition) is 5. The highest BCUT2D eigenvalue weighted by atomic mass is 16.3. The molecule has 1 aromatic heterocycles. The molecule has 2 rings (SSSR count). The number of hydrogen-bond donors (Lipinski definition) is 3. The first-order valence-corrected chi connectivity index (χ1v) is 5.67. The average Bonchev–Trinajstić information content (AvgIpc) is 2.22. The van der Waals surface area contributed by atoms with Gasteiger partial charge in [0.2, 0.25) is 0 Å². The van der Waals surface area contributed by atoms with Gasteiger partial charge >= 0.3 is 0 Å². The summed E-state index contributed by atoms with van der Waals surface area (Å²) in [6, 6.07) is 0.313. The van der Waals surface area contributed by atoms with Crippen molar-refractivity contribution in [3.05, 3.63) is 11.4 Å². The van der Waals surface area contributed by atoms with Crippen LogP contribution < -0.4 is 11.1 Å². The summed E-state index contributed by atoms with van der Waals surface area (Å²) in [5, 5.41) is 12.5. The van der Waals surface area contributed by atoms with Crippen molar-refractivity contribution in [2.24, 2.45) is 0 Å². The smallest absolute Gasteiger partial charge is 0.134 e.